The molecule has 2 aromatic rings. The highest BCUT2D eigenvalue weighted by Crippen LogP contribution is 2.20. The second-order valence-corrected chi connectivity index (χ2v) is 3.73. The predicted molar refractivity (Wildman–Crippen MR) is 67.2 cm³/mol. The smallest absolute Gasteiger partial charge is 0.117 e. The number of benzene rings is 2. The number of hydrogen-bond acceptors (Lipinski definition) is 2. The molecule has 0 atom stereocenters. The second kappa shape index (κ2) is 4.71. The van der Waals surface area contributed by atoms with Crippen molar-refractivity contribution in [3.63, 3.8) is 0 Å². The summed E-state index contributed by atoms with van der Waals surface area (Å²) in [6.45, 7) is 2.14. The molecule has 0 aliphatic rings. The minimum atomic E-state index is 0.273. The fourth-order valence-electron chi connectivity index (χ4n) is 1.57. The first kappa shape index (κ1) is 10.6. The van der Waals surface area contributed by atoms with Gasteiger partial charge in [-0.15, -0.1) is 0 Å². The lowest BCUT2D eigenvalue weighted by Gasteiger charge is -2.07. The SMILES string of the molecule is CCc1ccc(Nc2cccc(O)c2)cc1. The summed E-state index contributed by atoms with van der Waals surface area (Å²) in [5, 5.41) is 12.6. The van der Waals surface area contributed by atoms with Gasteiger partial charge in [0.25, 0.3) is 0 Å². The maximum atomic E-state index is 9.33. The number of aryl methyl sites for hydroxylation is 1. The zero-order valence-corrected chi connectivity index (χ0v) is 9.27. The molecule has 0 bridgehead atoms. The minimum absolute atomic E-state index is 0.273. The molecule has 0 aliphatic carbocycles. The number of aromatic hydroxyl groups is 1. The molecule has 16 heavy (non-hydrogen) atoms. The first-order chi connectivity index (χ1) is 7.78. The van der Waals surface area contributed by atoms with Crippen LogP contribution in [0.3, 0.4) is 0 Å². The van der Waals surface area contributed by atoms with Crippen LogP contribution in [0.25, 0.3) is 0 Å². The van der Waals surface area contributed by atoms with E-state index in [4.69, 9.17) is 0 Å². The number of nitrogens with one attached hydrogen (secondary N) is 1. The van der Waals surface area contributed by atoms with Crippen molar-refractivity contribution in [2.24, 2.45) is 0 Å². The molecule has 0 fully saturated rings. The van der Waals surface area contributed by atoms with Crippen LogP contribution < -0.4 is 5.32 Å². The molecular weight excluding hydrogens is 198 g/mol. The zero-order valence-electron chi connectivity index (χ0n) is 9.27. The van der Waals surface area contributed by atoms with Crippen LogP contribution in [0.2, 0.25) is 0 Å². The first-order valence-electron chi connectivity index (χ1n) is 5.43. The Balaban J connectivity index is 2.14. The quantitative estimate of drug-likeness (QED) is 0.814. The third kappa shape index (κ3) is 2.54. The van der Waals surface area contributed by atoms with Crippen molar-refractivity contribution in [2.45, 2.75) is 13.3 Å². The number of phenols is 1. The highest BCUT2D eigenvalue weighted by atomic mass is 16.3. The van der Waals surface area contributed by atoms with E-state index in [1.54, 1.807) is 12.1 Å². The minimum Gasteiger partial charge on any atom is -0.508 e. The van der Waals surface area contributed by atoms with Gasteiger partial charge in [0.05, 0.1) is 0 Å². The Bertz CT molecular complexity index is 462. The van der Waals surface area contributed by atoms with Crippen molar-refractivity contribution in [1.29, 1.82) is 0 Å². The molecule has 2 rings (SSSR count). The van der Waals surface area contributed by atoms with Crippen molar-refractivity contribution in [3.8, 4) is 5.75 Å². The Kier molecular flexibility index (Phi) is 3.10. The molecule has 0 radical (unpaired) electrons. The van der Waals surface area contributed by atoms with Gasteiger partial charge in [-0.3, -0.25) is 0 Å². The van der Waals surface area contributed by atoms with Crippen LogP contribution in [0, 0.1) is 0 Å². The fourth-order valence-corrected chi connectivity index (χ4v) is 1.57. The van der Waals surface area contributed by atoms with Gasteiger partial charge >= 0.3 is 0 Å². The van der Waals surface area contributed by atoms with Gasteiger partial charge in [0.2, 0.25) is 0 Å². The highest BCUT2D eigenvalue weighted by molar-refractivity contribution is 5.61. The zero-order chi connectivity index (χ0) is 11.4. The molecule has 0 aliphatic heterocycles. The van der Waals surface area contributed by atoms with Crippen LogP contribution in [-0.2, 0) is 6.42 Å². The van der Waals surface area contributed by atoms with Crippen LogP contribution in [-0.4, -0.2) is 5.11 Å². The average molecular weight is 213 g/mol. The third-order valence-electron chi connectivity index (χ3n) is 2.50. The van der Waals surface area contributed by atoms with Crippen LogP contribution in [0.5, 0.6) is 5.75 Å². The van der Waals surface area contributed by atoms with Crippen LogP contribution in [0.1, 0.15) is 12.5 Å². The molecule has 2 nitrogen and oxygen atoms in total. The maximum Gasteiger partial charge on any atom is 0.117 e. The van der Waals surface area contributed by atoms with Gasteiger partial charge in [-0.25, -0.2) is 0 Å². The van der Waals surface area contributed by atoms with Crippen molar-refractivity contribution in [1.82, 2.24) is 0 Å². The maximum absolute atomic E-state index is 9.33. The van der Waals surface area contributed by atoms with Gasteiger partial charge in [-0.1, -0.05) is 25.1 Å². The summed E-state index contributed by atoms with van der Waals surface area (Å²) < 4.78 is 0. The number of hydrogen-bond donors (Lipinski definition) is 2. The molecule has 0 aromatic heterocycles. The van der Waals surface area contributed by atoms with Crippen LogP contribution >= 0.6 is 0 Å². The summed E-state index contributed by atoms with van der Waals surface area (Å²) in [6.07, 6.45) is 1.05. The fraction of sp³-hybridized carbons (Fsp3) is 0.143. The van der Waals surface area contributed by atoms with E-state index in [0.717, 1.165) is 17.8 Å². The number of rotatable bonds is 3. The van der Waals surface area contributed by atoms with E-state index in [-0.39, 0.29) is 5.75 Å². The lowest BCUT2D eigenvalue weighted by atomic mass is 10.1. The molecule has 2 aromatic carbocycles. The lowest BCUT2D eigenvalue weighted by Crippen LogP contribution is -1.90. The number of phenolic OH excluding ortho intramolecular Hbond substituents is 1. The van der Waals surface area contributed by atoms with Gasteiger partial charge in [-0.05, 0) is 36.2 Å². The monoisotopic (exact) mass is 213 g/mol. The average Bonchev–Trinajstić information content (AvgIpc) is 2.30. The van der Waals surface area contributed by atoms with Crippen molar-refractivity contribution >= 4 is 11.4 Å². The van der Waals surface area contributed by atoms with Crippen LogP contribution in [0.15, 0.2) is 48.5 Å². The topological polar surface area (TPSA) is 32.3 Å². The second-order valence-electron chi connectivity index (χ2n) is 3.73. The summed E-state index contributed by atoms with van der Waals surface area (Å²) in [5.74, 6) is 0.273. The summed E-state index contributed by atoms with van der Waals surface area (Å²) in [6, 6.07) is 15.4. The van der Waals surface area contributed by atoms with Crippen molar-refractivity contribution in [2.75, 3.05) is 5.32 Å². The molecule has 0 unspecified atom stereocenters. The van der Waals surface area contributed by atoms with E-state index in [1.807, 2.05) is 24.3 Å². The standard InChI is InChI=1S/C14H15NO/c1-2-11-6-8-12(9-7-11)15-13-4-3-5-14(16)10-13/h3-10,15-16H,2H2,1H3. The Morgan fingerprint density at radius 3 is 2.38 bits per heavy atom. The molecule has 0 amide bonds. The Morgan fingerprint density at radius 2 is 1.75 bits per heavy atom. The lowest BCUT2D eigenvalue weighted by molar-refractivity contribution is 0.475. The van der Waals surface area contributed by atoms with E-state index < -0.39 is 0 Å². The predicted octanol–water partition coefficient (Wildman–Crippen LogP) is 3.70. The van der Waals surface area contributed by atoms with Gasteiger partial charge in [0.1, 0.15) is 5.75 Å². The molecule has 0 spiro atoms. The summed E-state index contributed by atoms with van der Waals surface area (Å²) in [7, 11) is 0. The number of anilines is 2. The molecule has 0 saturated heterocycles. The molecule has 0 saturated carbocycles. The summed E-state index contributed by atoms with van der Waals surface area (Å²) >= 11 is 0. The van der Waals surface area contributed by atoms with Gasteiger partial charge in [0, 0.05) is 17.4 Å². The molecule has 2 heteroatoms. The van der Waals surface area contributed by atoms with E-state index in [0.29, 0.717) is 0 Å². The van der Waals surface area contributed by atoms with Gasteiger partial charge < -0.3 is 10.4 Å². The first-order valence-corrected chi connectivity index (χ1v) is 5.43. The van der Waals surface area contributed by atoms with Gasteiger partial charge in [-0.2, -0.15) is 0 Å². The van der Waals surface area contributed by atoms with E-state index in [2.05, 4.69) is 24.4 Å². The summed E-state index contributed by atoms with van der Waals surface area (Å²) in [5.41, 5.74) is 3.24. The highest BCUT2D eigenvalue weighted by Gasteiger charge is 1.96. The van der Waals surface area contributed by atoms with Crippen LogP contribution in [0.4, 0.5) is 11.4 Å². The third-order valence-corrected chi connectivity index (χ3v) is 2.50. The molecule has 2 N–H and O–H groups in total. The Morgan fingerprint density at radius 1 is 1.00 bits per heavy atom. The molecule has 0 heterocycles. The van der Waals surface area contributed by atoms with Gasteiger partial charge in [0.15, 0.2) is 0 Å². The van der Waals surface area contributed by atoms with Crippen molar-refractivity contribution < 1.29 is 5.11 Å². The molecule has 82 valence electrons. The largest absolute Gasteiger partial charge is 0.508 e. The summed E-state index contributed by atoms with van der Waals surface area (Å²) in [4.78, 5) is 0. The Hall–Kier alpha value is -1.96. The Labute approximate surface area is 95.6 Å². The van der Waals surface area contributed by atoms with E-state index >= 15 is 0 Å². The molecular formula is C14H15NO. The van der Waals surface area contributed by atoms with E-state index in [9.17, 15) is 5.11 Å². The van der Waals surface area contributed by atoms with Crippen molar-refractivity contribution in [3.05, 3.63) is 54.1 Å². The van der Waals surface area contributed by atoms with E-state index in [1.165, 1.54) is 5.56 Å². The normalized spacial score (nSPS) is 10.1.